The predicted molar refractivity (Wildman–Crippen MR) is 164 cm³/mol. The van der Waals surface area contributed by atoms with E-state index in [-0.39, 0.29) is 0 Å². The van der Waals surface area contributed by atoms with Gasteiger partial charge in [0.1, 0.15) is 48.8 Å². The van der Waals surface area contributed by atoms with E-state index in [1.54, 1.807) is 26.8 Å². The van der Waals surface area contributed by atoms with Gasteiger partial charge in [-0.15, -0.1) is 6.58 Å². The maximum Gasteiger partial charge on any atom is 0.187 e. The SMILES string of the molecule is C=CC(C)(CCC=C(C)CCC=C(C)CCC(OC1OC(CO)C(O)C(O)C1O)C(C)(C)O)OC1OC(CO)C(O)C(O)C1O. The van der Waals surface area contributed by atoms with Crippen molar-refractivity contribution in [2.45, 2.75) is 152 Å². The Morgan fingerprint density at radius 2 is 1.24 bits per heavy atom. The second-order valence-corrected chi connectivity index (χ2v) is 13.0. The minimum absolute atomic E-state index is 0.393. The Balaban J connectivity index is 1.86. The first kappa shape index (κ1) is 39.9. The summed E-state index contributed by atoms with van der Waals surface area (Å²) >= 11 is 0. The van der Waals surface area contributed by atoms with E-state index in [0.29, 0.717) is 25.7 Å². The molecule has 0 aromatic rings. The lowest BCUT2D eigenvalue weighted by Gasteiger charge is -2.42. The Hall–Kier alpha value is -1.30. The van der Waals surface area contributed by atoms with E-state index in [0.717, 1.165) is 24.0 Å². The van der Waals surface area contributed by atoms with Crippen LogP contribution in [0.5, 0.6) is 0 Å². The van der Waals surface area contributed by atoms with Crippen LogP contribution in [0.3, 0.4) is 0 Å². The first-order valence-corrected chi connectivity index (χ1v) is 15.6. The highest BCUT2D eigenvalue weighted by atomic mass is 16.7. The van der Waals surface area contributed by atoms with E-state index in [1.807, 2.05) is 13.8 Å². The summed E-state index contributed by atoms with van der Waals surface area (Å²) in [6, 6.07) is 0. The van der Waals surface area contributed by atoms with Crippen molar-refractivity contribution in [1.29, 1.82) is 0 Å². The van der Waals surface area contributed by atoms with Crippen molar-refractivity contribution < 1.29 is 64.9 Å². The Labute approximate surface area is 266 Å². The van der Waals surface area contributed by atoms with Crippen LogP contribution < -0.4 is 0 Å². The normalized spacial score (nSPS) is 35.6. The largest absolute Gasteiger partial charge is 0.394 e. The zero-order valence-electron chi connectivity index (χ0n) is 27.1. The fourth-order valence-electron chi connectivity index (χ4n) is 5.28. The summed E-state index contributed by atoms with van der Waals surface area (Å²) in [7, 11) is 0. The standard InChI is InChI=1S/C32H56O13/c1-7-32(6,45-30-28(40)26(38)24(36)21(17-34)43-30)15-9-12-18(2)10-8-11-19(3)13-14-22(31(4,5)41)44-29-27(39)25(37)23(35)20(16-33)42-29/h7,11-12,20-30,33-41H,1,8-10,13-17H2,2-6H3. The molecule has 0 aromatic carbocycles. The van der Waals surface area contributed by atoms with Crippen molar-refractivity contribution in [2.75, 3.05) is 13.2 Å². The van der Waals surface area contributed by atoms with Gasteiger partial charge in [0.2, 0.25) is 0 Å². The summed E-state index contributed by atoms with van der Waals surface area (Å²) < 4.78 is 22.7. The van der Waals surface area contributed by atoms with Crippen LogP contribution in [0.1, 0.15) is 73.1 Å². The van der Waals surface area contributed by atoms with Crippen molar-refractivity contribution in [3.63, 3.8) is 0 Å². The molecule has 0 aliphatic carbocycles. The van der Waals surface area contributed by atoms with Crippen LogP contribution >= 0.6 is 0 Å². The predicted octanol–water partition coefficient (Wildman–Crippen LogP) is -0.0632. The van der Waals surface area contributed by atoms with Gasteiger partial charge in [-0.25, -0.2) is 0 Å². The van der Waals surface area contributed by atoms with Crippen LogP contribution in [-0.4, -0.2) is 138 Å². The highest BCUT2D eigenvalue weighted by Gasteiger charge is 2.47. The minimum Gasteiger partial charge on any atom is -0.394 e. The van der Waals surface area contributed by atoms with Crippen LogP contribution in [0, 0.1) is 0 Å². The van der Waals surface area contributed by atoms with Gasteiger partial charge in [-0.2, -0.15) is 0 Å². The highest BCUT2D eigenvalue weighted by molar-refractivity contribution is 5.06. The summed E-state index contributed by atoms with van der Waals surface area (Å²) in [6.07, 6.45) is -5.15. The van der Waals surface area contributed by atoms with Gasteiger partial charge in [0.15, 0.2) is 12.6 Å². The molecule has 2 rings (SSSR count). The molecule has 0 bridgehead atoms. The number of aliphatic hydroxyl groups excluding tert-OH is 8. The van der Waals surface area contributed by atoms with Gasteiger partial charge in [-0.05, 0) is 73.1 Å². The van der Waals surface area contributed by atoms with Crippen molar-refractivity contribution in [3.8, 4) is 0 Å². The molecule has 2 saturated heterocycles. The van der Waals surface area contributed by atoms with Crippen LogP contribution in [0.2, 0.25) is 0 Å². The van der Waals surface area contributed by atoms with Crippen molar-refractivity contribution in [2.24, 2.45) is 0 Å². The molecule has 13 heteroatoms. The fraction of sp³-hybridized carbons (Fsp3) is 0.812. The first-order valence-electron chi connectivity index (χ1n) is 15.6. The number of aliphatic hydroxyl groups is 9. The molecular formula is C32H56O13. The summed E-state index contributed by atoms with van der Waals surface area (Å²) in [5, 5.41) is 90.3. The van der Waals surface area contributed by atoms with Gasteiger partial charge in [-0.3, -0.25) is 0 Å². The van der Waals surface area contributed by atoms with Gasteiger partial charge in [-0.1, -0.05) is 29.4 Å². The molecule has 2 heterocycles. The van der Waals surface area contributed by atoms with Gasteiger partial charge < -0.3 is 64.9 Å². The van der Waals surface area contributed by atoms with Crippen LogP contribution in [0.4, 0.5) is 0 Å². The van der Waals surface area contributed by atoms with E-state index >= 15 is 0 Å². The zero-order valence-corrected chi connectivity index (χ0v) is 27.1. The lowest BCUT2D eigenvalue weighted by Crippen LogP contribution is -2.60. The number of allylic oxidation sites excluding steroid dienone is 4. The Morgan fingerprint density at radius 3 is 1.76 bits per heavy atom. The number of hydrogen-bond acceptors (Lipinski definition) is 13. The van der Waals surface area contributed by atoms with Gasteiger partial charge in [0.25, 0.3) is 0 Å². The molecule has 0 spiro atoms. The molecule has 2 aliphatic rings. The van der Waals surface area contributed by atoms with Gasteiger partial charge in [0, 0.05) is 0 Å². The van der Waals surface area contributed by atoms with E-state index in [1.165, 1.54) is 0 Å². The molecule has 2 fully saturated rings. The van der Waals surface area contributed by atoms with E-state index < -0.39 is 91.9 Å². The van der Waals surface area contributed by atoms with Crippen molar-refractivity contribution in [1.82, 2.24) is 0 Å². The molecule has 9 N–H and O–H groups in total. The second-order valence-electron chi connectivity index (χ2n) is 13.0. The molecule has 12 unspecified atom stereocenters. The number of ether oxygens (including phenoxy) is 4. The lowest BCUT2D eigenvalue weighted by molar-refractivity contribution is -0.322. The van der Waals surface area contributed by atoms with E-state index in [4.69, 9.17) is 18.9 Å². The number of rotatable bonds is 17. The van der Waals surface area contributed by atoms with Crippen LogP contribution in [0.25, 0.3) is 0 Å². The molecule has 262 valence electrons. The quantitative estimate of drug-likeness (QED) is 0.0945. The van der Waals surface area contributed by atoms with Gasteiger partial charge in [0.05, 0.1) is 30.5 Å². The summed E-state index contributed by atoms with van der Waals surface area (Å²) in [6.45, 7) is 11.6. The Morgan fingerprint density at radius 1 is 0.756 bits per heavy atom. The third-order valence-corrected chi connectivity index (χ3v) is 8.57. The molecule has 0 saturated carbocycles. The Kier molecular flexibility index (Phi) is 15.7. The molecule has 13 nitrogen and oxygen atoms in total. The summed E-state index contributed by atoms with van der Waals surface area (Å²) in [5.41, 5.74) is 0.0146. The minimum atomic E-state index is -1.57. The van der Waals surface area contributed by atoms with Crippen LogP contribution in [0.15, 0.2) is 36.0 Å². The topological polar surface area (TPSA) is 219 Å². The maximum atomic E-state index is 10.7. The maximum absolute atomic E-state index is 10.7. The first-order chi connectivity index (χ1) is 21.0. The molecule has 2 aliphatic heterocycles. The molecule has 45 heavy (non-hydrogen) atoms. The molecule has 12 atom stereocenters. The second kappa shape index (κ2) is 17.7. The zero-order chi connectivity index (χ0) is 34.1. The van der Waals surface area contributed by atoms with E-state index in [2.05, 4.69) is 18.7 Å². The van der Waals surface area contributed by atoms with Crippen molar-refractivity contribution >= 4 is 0 Å². The molecule has 0 amide bonds. The van der Waals surface area contributed by atoms with Crippen molar-refractivity contribution in [3.05, 3.63) is 36.0 Å². The molecule has 0 aromatic heterocycles. The third-order valence-electron chi connectivity index (χ3n) is 8.57. The summed E-state index contributed by atoms with van der Waals surface area (Å²) in [4.78, 5) is 0. The smallest absolute Gasteiger partial charge is 0.187 e. The summed E-state index contributed by atoms with van der Waals surface area (Å²) in [5.74, 6) is 0. The molecular weight excluding hydrogens is 592 g/mol. The average molecular weight is 649 g/mol. The van der Waals surface area contributed by atoms with Crippen LogP contribution in [-0.2, 0) is 18.9 Å². The number of hydrogen-bond donors (Lipinski definition) is 9. The average Bonchev–Trinajstić information content (AvgIpc) is 2.98. The van der Waals surface area contributed by atoms with E-state index in [9.17, 15) is 46.0 Å². The third kappa shape index (κ3) is 11.4. The molecule has 0 radical (unpaired) electrons. The fourth-order valence-corrected chi connectivity index (χ4v) is 5.28. The van der Waals surface area contributed by atoms with Gasteiger partial charge >= 0.3 is 0 Å². The highest BCUT2D eigenvalue weighted by Crippen LogP contribution is 2.30. The Bertz CT molecular complexity index is 961. The monoisotopic (exact) mass is 648 g/mol. The lowest BCUT2D eigenvalue weighted by atomic mass is 9.94.